The third kappa shape index (κ3) is 13.8. The SMILES string of the molecule is CCOC(=O)/C=C(/CC/C=C(\C)CC/C=C(\C)CCC=C(C)C)OS(=O)(=O)C(F)(F)F. The molecule has 0 aliphatic rings. The average Bonchev–Trinajstić information content (AvgIpc) is 2.60. The van der Waals surface area contributed by atoms with Crippen molar-refractivity contribution in [2.45, 2.75) is 78.7 Å². The van der Waals surface area contributed by atoms with Crippen LogP contribution >= 0.6 is 0 Å². The number of hydrogen-bond acceptors (Lipinski definition) is 5. The molecule has 9 heteroatoms. The zero-order valence-corrected chi connectivity index (χ0v) is 19.7. The van der Waals surface area contributed by atoms with Gasteiger partial charge in [-0.2, -0.15) is 21.6 Å². The molecule has 0 unspecified atom stereocenters. The molecule has 0 aromatic rings. The minimum absolute atomic E-state index is 0.00504. The minimum Gasteiger partial charge on any atom is -0.463 e. The second-order valence-electron chi connectivity index (χ2n) is 7.34. The molecule has 0 aromatic heterocycles. The van der Waals surface area contributed by atoms with E-state index < -0.39 is 27.4 Å². The highest BCUT2D eigenvalue weighted by Gasteiger charge is 2.48. The highest BCUT2D eigenvalue weighted by Crippen LogP contribution is 2.28. The van der Waals surface area contributed by atoms with Crippen LogP contribution in [0.5, 0.6) is 0 Å². The molecule has 0 heterocycles. The van der Waals surface area contributed by atoms with Gasteiger partial charge in [0.1, 0.15) is 5.76 Å². The molecule has 31 heavy (non-hydrogen) atoms. The van der Waals surface area contributed by atoms with Crippen LogP contribution < -0.4 is 0 Å². The number of carbonyl (C=O) groups excluding carboxylic acids is 1. The number of carbonyl (C=O) groups is 1. The lowest BCUT2D eigenvalue weighted by atomic mass is 10.1. The molecular formula is C22H33F3O5S. The summed E-state index contributed by atoms with van der Waals surface area (Å²) in [6.45, 7) is 9.59. The van der Waals surface area contributed by atoms with Crippen molar-refractivity contribution in [1.29, 1.82) is 0 Å². The van der Waals surface area contributed by atoms with E-state index in [4.69, 9.17) is 0 Å². The lowest BCUT2D eigenvalue weighted by Gasteiger charge is -2.12. The van der Waals surface area contributed by atoms with Gasteiger partial charge in [-0.15, -0.1) is 0 Å². The van der Waals surface area contributed by atoms with E-state index in [2.05, 4.69) is 41.8 Å². The lowest BCUT2D eigenvalue weighted by molar-refractivity contribution is -0.137. The van der Waals surface area contributed by atoms with Crippen LogP contribution in [0.2, 0.25) is 0 Å². The van der Waals surface area contributed by atoms with Gasteiger partial charge < -0.3 is 8.92 Å². The highest BCUT2D eigenvalue weighted by atomic mass is 32.2. The van der Waals surface area contributed by atoms with Crippen LogP contribution in [0, 0.1) is 0 Å². The summed E-state index contributed by atoms with van der Waals surface area (Å²) in [6, 6.07) is 0. The van der Waals surface area contributed by atoms with Crippen LogP contribution in [0.1, 0.15) is 73.1 Å². The molecule has 0 aliphatic carbocycles. The Balaban J connectivity index is 4.89. The topological polar surface area (TPSA) is 69.7 Å². The molecule has 0 aliphatic heterocycles. The number of ether oxygens (including phenoxy) is 1. The number of esters is 1. The molecule has 0 bridgehead atoms. The quantitative estimate of drug-likeness (QED) is 0.0774. The van der Waals surface area contributed by atoms with Crippen LogP contribution in [0.25, 0.3) is 0 Å². The van der Waals surface area contributed by atoms with Gasteiger partial charge in [-0.25, -0.2) is 4.79 Å². The molecule has 0 spiro atoms. The highest BCUT2D eigenvalue weighted by molar-refractivity contribution is 7.87. The second kappa shape index (κ2) is 14.1. The van der Waals surface area contributed by atoms with Crippen LogP contribution in [-0.4, -0.2) is 26.5 Å². The summed E-state index contributed by atoms with van der Waals surface area (Å²) in [5.41, 5.74) is -2.00. The Bertz CT molecular complexity index is 799. The van der Waals surface area contributed by atoms with E-state index in [-0.39, 0.29) is 19.4 Å². The lowest BCUT2D eigenvalue weighted by Crippen LogP contribution is -2.25. The minimum atomic E-state index is -5.85. The van der Waals surface area contributed by atoms with Gasteiger partial charge in [0.15, 0.2) is 0 Å². The van der Waals surface area contributed by atoms with Gasteiger partial charge in [0, 0.05) is 6.42 Å². The Hall–Kier alpha value is -2.03. The van der Waals surface area contributed by atoms with E-state index in [1.54, 1.807) is 6.08 Å². The fourth-order valence-corrected chi connectivity index (χ4v) is 2.95. The van der Waals surface area contributed by atoms with Gasteiger partial charge in [-0.3, -0.25) is 0 Å². The van der Waals surface area contributed by atoms with E-state index >= 15 is 0 Å². The van der Waals surface area contributed by atoms with Crippen molar-refractivity contribution in [3.8, 4) is 0 Å². The Labute approximate surface area is 183 Å². The fourth-order valence-electron chi connectivity index (χ4n) is 2.44. The third-order valence-electron chi connectivity index (χ3n) is 4.07. The Kier molecular flexibility index (Phi) is 13.2. The smallest absolute Gasteiger partial charge is 0.463 e. The fraction of sp³-hybridized carbons (Fsp3) is 0.591. The van der Waals surface area contributed by atoms with Gasteiger partial charge in [0.05, 0.1) is 12.7 Å². The molecule has 0 atom stereocenters. The Morgan fingerprint density at radius 2 is 1.35 bits per heavy atom. The Morgan fingerprint density at radius 1 is 0.871 bits per heavy atom. The molecule has 0 aromatic carbocycles. The normalized spacial score (nSPS) is 13.7. The molecule has 0 fully saturated rings. The second-order valence-corrected chi connectivity index (χ2v) is 8.88. The van der Waals surface area contributed by atoms with Crippen molar-refractivity contribution in [2.24, 2.45) is 0 Å². The van der Waals surface area contributed by atoms with Crippen molar-refractivity contribution in [1.82, 2.24) is 0 Å². The number of rotatable bonds is 13. The summed E-state index contributed by atoms with van der Waals surface area (Å²) in [7, 11) is -5.85. The zero-order valence-electron chi connectivity index (χ0n) is 18.8. The van der Waals surface area contributed by atoms with Crippen LogP contribution in [0.4, 0.5) is 13.2 Å². The summed E-state index contributed by atoms with van der Waals surface area (Å²) in [5.74, 6) is -1.58. The molecular weight excluding hydrogens is 433 g/mol. The van der Waals surface area contributed by atoms with Crippen molar-refractivity contribution in [2.75, 3.05) is 6.61 Å². The third-order valence-corrected chi connectivity index (χ3v) is 5.07. The molecule has 0 rings (SSSR count). The van der Waals surface area contributed by atoms with E-state index in [9.17, 15) is 26.4 Å². The van der Waals surface area contributed by atoms with Crippen molar-refractivity contribution < 1.29 is 35.3 Å². The largest absolute Gasteiger partial charge is 0.534 e. The molecule has 0 saturated carbocycles. The first kappa shape index (κ1) is 29.0. The van der Waals surface area contributed by atoms with E-state index in [1.807, 2.05) is 6.92 Å². The molecule has 178 valence electrons. The summed E-state index contributed by atoms with van der Waals surface area (Å²) in [4.78, 5) is 11.5. The van der Waals surface area contributed by atoms with Crippen LogP contribution in [0.3, 0.4) is 0 Å². The predicted molar refractivity (Wildman–Crippen MR) is 115 cm³/mol. The summed E-state index contributed by atoms with van der Waals surface area (Å²) in [5, 5.41) is 0. The Morgan fingerprint density at radius 3 is 1.81 bits per heavy atom. The van der Waals surface area contributed by atoms with Gasteiger partial charge >= 0.3 is 21.6 Å². The van der Waals surface area contributed by atoms with Crippen molar-refractivity contribution in [3.63, 3.8) is 0 Å². The van der Waals surface area contributed by atoms with Gasteiger partial charge in [0.25, 0.3) is 0 Å². The summed E-state index contributed by atoms with van der Waals surface area (Å²) < 4.78 is 69.0. The molecule has 0 N–H and O–H groups in total. The van der Waals surface area contributed by atoms with Gasteiger partial charge in [0.2, 0.25) is 0 Å². The number of alkyl halides is 3. The monoisotopic (exact) mass is 466 g/mol. The van der Waals surface area contributed by atoms with E-state index in [0.29, 0.717) is 6.08 Å². The maximum absolute atomic E-state index is 12.6. The zero-order chi connectivity index (χ0) is 24.1. The molecule has 0 radical (unpaired) electrons. The summed E-state index contributed by atoms with van der Waals surface area (Å²) >= 11 is 0. The maximum Gasteiger partial charge on any atom is 0.534 e. The molecule has 5 nitrogen and oxygen atoms in total. The predicted octanol–water partition coefficient (Wildman–Crippen LogP) is 6.50. The van der Waals surface area contributed by atoms with Crippen LogP contribution in [-0.2, 0) is 23.8 Å². The number of halogens is 3. The molecule has 0 amide bonds. The average molecular weight is 467 g/mol. The first-order valence-corrected chi connectivity index (χ1v) is 11.5. The van der Waals surface area contributed by atoms with Crippen LogP contribution in [0.15, 0.2) is 46.8 Å². The maximum atomic E-state index is 12.6. The standard InChI is InChI=1S/C22H33F3O5S/c1-6-29-21(26)16-20(30-31(27,28)22(23,24)25)15-9-14-19(5)13-8-12-18(4)11-7-10-17(2)3/h10,12,14,16H,6-9,11,13,15H2,1-5H3/b18-12+,19-14+,20-16-. The first-order valence-electron chi connectivity index (χ1n) is 10.1. The summed E-state index contributed by atoms with van der Waals surface area (Å²) in [6.07, 6.45) is 10.4. The van der Waals surface area contributed by atoms with Gasteiger partial charge in [-0.05, 0) is 66.7 Å². The number of hydrogen-bond donors (Lipinski definition) is 0. The van der Waals surface area contributed by atoms with E-state index in [0.717, 1.165) is 31.3 Å². The van der Waals surface area contributed by atoms with E-state index in [1.165, 1.54) is 18.1 Å². The molecule has 0 saturated heterocycles. The number of allylic oxidation sites excluding steroid dienone is 7. The first-order chi connectivity index (χ1) is 14.3. The van der Waals surface area contributed by atoms with Crippen molar-refractivity contribution in [3.05, 3.63) is 46.8 Å². The van der Waals surface area contributed by atoms with Crippen molar-refractivity contribution >= 4 is 16.1 Å². The van der Waals surface area contributed by atoms with Gasteiger partial charge in [-0.1, -0.05) is 34.9 Å².